The fourth-order valence-corrected chi connectivity index (χ4v) is 3.06. The summed E-state index contributed by atoms with van der Waals surface area (Å²) in [7, 11) is 0. The van der Waals surface area contributed by atoms with Crippen LogP contribution in [0.15, 0.2) is 12.3 Å². The summed E-state index contributed by atoms with van der Waals surface area (Å²) >= 11 is 0. The number of allylic oxidation sites excluding steroid dienone is 1. The van der Waals surface area contributed by atoms with Gasteiger partial charge in [0.25, 0.3) is 0 Å². The van der Waals surface area contributed by atoms with E-state index in [1.54, 1.807) is 0 Å². The molecule has 0 aromatic heterocycles. The van der Waals surface area contributed by atoms with Gasteiger partial charge in [-0.3, -0.25) is 0 Å². The summed E-state index contributed by atoms with van der Waals surface area (Å²) in [5.41, 5.74) is 1.25. The monoisotopic (exact) mass is 323 g/mol. The molecule has 0 spiro atoms. The Hall–Kier alpha value is -0.460. The van der Waals surface area contributed by atoms with Crippen LogP contribution in [0.2, 0.25) is 0 Å². The lowest BCUT2D eigenvalue weighted by Crippen LogP contribution is -2.13. The van der Waals surface area contributed by atoms with Gasteiger partial charge in [-0.05, 0) is 19.3 Å². The summed E-state index contributed by atoms with van der Waals surface area (Å²) in [4.78, 5) is 0. The highest BCUT2D eigenvalue weighted by Crippen LogP contribution is 2.13. The van der Waals surface area contributed by atoms with Gasteiger partial charge in [0.1, 0.15) is 0 Å². The predicted octanol–water partition coefficient (Wildman–Crippen LogP) is 7.76. The second kappa shape index (κ2) is 19.6. The molecule has 1 heteroatoms. The maximum atomic E-state index is 4.11. The number of nitrogens with one attached hydrogen (secondary N) is 1. The largest absolute Gasteiger partial charge is 0.389 e. The van der Waals surface area contributed by atoms with Crippen LogP contribution in [0.3, 0.4) is 0 Å². The summed E-state index contributed by atoms with van der Waals surface area (Å²) in [5, 5.41) is 3.44. The molecule has 1 nitrogen and oxygen atoms in total. The first-order chi connectivity index (χ1) is 11.3. The molecule has 0 aromatic rings. The zero-order chi connectivity index (χ0) is 17.0. The van der Waals surface area contributed by atoms with E-state index in [9.17, 15) is 0 Å². The van der Waals surface area contributed by atoms with E-state index < -0.39 is 0 Å². The predicted molar refractivity (Wildman–Crippen MR) is 107 cm³/mol. The normalized spacial score (nSPS) is 10.9. The van der Waals surface area contributed by atoms with Crippen LogP contribution in [-0.2, 0) is 0 Å². The zero-order valence-electron chi connectivity index (χ0n) is 16.4. The quantitative estimate of drug-likeness (QED) is 0.239. The highest BCUT2D eigenvalue weighted by atomic mass is 14.9. The maximum absolute atomic E-state index is 4.11. The highest BCUT2D eigenvalue weighted by Gasteiger charge is 1.96. The van der Waals surface area contributed by atoms with Gasteiger partial charge in [0.2, 0.25) is 0 Å². The molecule has 0 heterocycles. The maximum Gasteiger partial charge on any atom is 0.0143 e. The van der Waals surface area contributed by atoms with Crippen LogP contribution in [0.1, 0.15) is 123 Å². The molecule has 0 aliphatic heterocycles. The minimum atomic E-state index is 1.11. The Balaban J connectivity index is 3.06. The SMILES string of the molecule is C=C(CCCCCCCCCCCCCCCC)NCCCC. The molecule has 0 radical (unpaired) electrons. The minimum absolute atomic E-state index is 1.11. The molecule has 0 amide bonds. The van der Waals surface area contributed by atoms with Crippen molar-refractivity contribution in [2.24, 2.45) is 0 Å². The van der Waals surface area contributed by atoms with Gasteiger partial charge in [0.15, 0.2) is 0 Å². The number of hydrogen-bond acceptors (Lipinski definition) is 1. The number of hydrogen-bond donors (Lipinski definition) is 1. The second-order valence-corrected chi connectivity index (χ2v) is 7.23. The topological polar surface area (TPSA) is 12.0 Å². The van der Waals surface area contributed by atoms with Crippen molar-refractivity contribution in [3.63, 3.8) is 0 Å². The van der Waals surface area contributed by atoms with Gasteiger partial charge in [0, 0.05) is 12.2 Å². The Labute approximate surface area is 147 Å². The van der Waals surface area contributed by atoms with Crippen LogP contribution < -0.4 is 5.32 Å². The molecule has 0 unspecified atom stereocenters. The first-order valence-corrected chi connectivity index (χ1v) is 10.7. The van der Waals surface area contributed by atoms with Gasteiger partial charge < -0.3 is 5.32 Å². The molecule has 0 aliphatic rings. The average Bonchev–Trinajstić information content (AvgIpc) is 2.55. The van der Waals surface area contributed by atoms with E-state index in [0.29, 0.717) is 0 Å². The standard InChI is InChI=1S/C22H45N/c1-4-6-8-9-10-11-12-13-14-15-16-17-18-19-20-22(3)23-21-7-5-2/h23H,3-21H2,1-2H3. The van der Waals surface area contributed by atoms with Crippen molar-refractivity contribution in [3.8, 4) is 0 Å². The van der Waals surface area contributed by atoms with E-state index in [4.69, 9.17) is 0 Å². The Morgan fingerprint density at radius 3 is 1.39 bits per heavy atom. The molecule has 0 rings (SSSR count). The lowest BCUT2D eigenvalue weighted by atomic mass is 10.0. The Bertz CT molecular complexity index is 234. The zero-order valence-corrected chi connectivity index (χ0v) is 16.4. The molecule has 0 bridgehead atoms. The summed E-state index contributed by atoms with van der Waals surface area (Å²) in [5.74, 6) is 0. The van der Waals surface area contributed by atoms with Crippen LogP contribution in [-0.4, -0.2) is 6.54 Å². The molecule has 0 fully saturated rings. The van der Waals surface area contributed by atoms with Crippen molar-refractivity contribution in [2.45, 2.75) is 123 Å². The fraction of sp³-hybridized carbons (Fsp3) is 0.909. The van der Waals surface area contributed by atoms with Gasteiger partial charge in [-0.15, -0.1) is 0 Å². The number of rotatable bonds is 19. The van der Waals surface area contributed by atoms with Crippen molar-refractivity contribution in [1.29, 1.82) is 0 Å². The van der Waals surface area contributed by atoms with Crippen molar-refractivity contribution < 1.29 is 0 Å². The van der Waals surface area contributed by atoms with Gasteiger partial charge in [-0.25, -0.2) is 0 Å². The molecule has 23 heavy (non-hydrogen) atoms. The highest BCUT2D eigenvalue weighted by molar-refractivity contribution is 4.90. The van der Waals surface area contributed by atoms with Crippen LogP contribution in [0, 0.1) is 0 Å². The van der Waals surface area contributed by atoms with E-state index in [1.807, 2.05) is 0 Å². The second-order valence-electron chi connectivity index (χ2n) is 7.23. The third kappa shape index (κ3) is 19.5. The molecule has 0 saturated heterocycles. The van der Waals surface area contributed by atoms with E-state index in [-0.39, 0.29) is 0 Å². The molecular formula is C22H45N. The third-order valence-electron chi connectivity index (χ3n) is 4.74. The van der Waals surface area contributed by atoms with Crippen LogP contribution >= 0.6 is 0 Å². The summed E-state index contributed by atoms with van der Waals surface area (Å²) < 4.78 is 0. The van der Waals surface area contributed by atoms with E-state index >= 15 is 0 Å². The molecule has 138 valence electrons. The van der Waals surface area contributed by atoms with Crippen molar-refractivity contribution >= 4 is 0 Å². The summed E-state index contributed by atoms with van der Waals surface area (Å²) in [6, 6.07) is 0. The average molecular weight is 324 g/mol. The van der Waals surface area contributed by atoms with E-state index in [1.165, 1.54) is 115 Å². The first-order valence-electron chi connectivity index (χ1n) is 10.7. The molecule has 0 saturated carbocycles. The summed E-state index contributed by atoms with van der Waals surface area (Å²) in [6.07, 6.45) is 23.7. The minimum Gasteiger partial charge on any atom is -0.389 e. The van der Waals surface area contributed by atoms with E-state index in [2.05, 4.69) is 25.7 Å². The Morgan fingerprint density at radius 1 is 0.565 bits per heavy atom. The van der Waals surface area contributed by atoms with Crippen LogP contribution in [0.4, 0.5) is 0 Å². The van der Waals surface area contributed by atoms with Crippen molar-refractivity contribution in [2.75, 3.05) is 6.54 Å². The van der Waals surface area contributed by atoms with Gasteiger partial charge >= 0.3 is 0 Å². The smallest absolute Gasteiger partial charge is 0.0143 e. The first kappa shape index (κ1) is 22.5. The van der Waals surface area contributed by atoms with Crippen LogP contribution in [0.5, 0.6) is 0 Å². The van der Waals surface area contributed by atoms with E-state index in [0.717, 1.165) is 6.54 Å². The molecule has 0 aliphatic carbocycles. The Kier molecular flexibility index (Phi) is 19.2. The van der Waals surface area contributed by atoms with Gasteiger partial charge in [-0.2, -0.15) is 0 Å². The fourth-order valence-electron chi connectivity index (χ4n) is 3.06. The lowest BCUT2D eigenvalue weighted by molar-refractivity contribution is 0.533. The Morgan fingerprint density at radius 2 is 0.957 bits per heavy atom. The van der Waals surface area contributed by atoms with Crippen molar-refractivity contribution in [3.05, 3.63) is 12.3 Å². The molecule has 1 N–H and O–H groups in total. The van der Waals surface area contributed by atoms with Gasteiger partial charge in [-0.1, -0.05) is 110 Å². The molecule has 0 atom stereocenters. The van der Waals surface area contributed by atoms with Crippen LogP contribution in [0.25, 0.3) is 0 Å². The third-order valence-corrected chi connectivity index (χ3v) is 4.74. The lowest BCUT2D eigenvalue weighted by Gasteiger charge is -2.08. The number of unbranched alkanes of at least 4 members (excludes halogenated alkanes) is 14. The summed E-state index contributed by atoms with van der Waals surface area (Å²) in [6.45, 7) is 9.75. The molecule has 0 aromatic carbocycles. The molecular weight excluding hydrogens is 278 g/mol. The van der Waals surface area contributed by atoms with Crippen molar-refractivity contribution in [1.82, 2.24) is 5.32 Å². The van der Waals surface area contributed by atoms with Gasteiger partial charge in [0.05, 0.1) is 0 Å².